The molecule has 0 radical (unpaired) electrons. The number of hydrogen-bond acceptors (Lipinski definition) is 1. The lowest BCUT2D eigenvalue weighted by Gasteiger charge is -1.91. The summed E-state index contributed by atoms with van der Waals surface area (Å²) in [5, 5.41) is 0. The van der Waals surface area contributed by atoms with Gasteiger partial charge >= 0.3 is 0 Å². The molecule has 0 aliphatic carbocycles. The van der Waals surface area contributed by atoms with Gasteiger partial charge in [0.05, 0.1) is 0 Å². The maximum absolute atomic E-state index is 11.6. The Morgan fingerprint density at radius 3 is 2.71 bits per heavy atom. The minimum Gasteiger partial charge on any atom is -0.289 e. The lowest BCUT2D eigenvalue weighted by Crippen LogP contribution is -1.92. The predicted molar refractivity (Wildman–Crippen MR) is 71.8 cm³/mol. The zero-order valence-electron chi connectivity index (χ0n) is 10.3. The molecule has 0 unspecified atom stereocenters. The Kier molecular flexibility index (Phi) is 6.51. The summed E-state index contributed by atoms with van der Waals surface area (Å²) in [5.74, 6) is 5.94. The molecule has 0 bridgehead atoms. The fourth-order valence-electron chi connectivity index (χ4n) is 1.41. The number of allylic oxidation sites excluding steroid dienone is 2. The highest BCUT2D eigenvalue weighted by molar-refractivity contribution is 6.04. The maximum atomic E-state index is 11.6. The van der Waals surface area contributed by atoms with E-state index in [-0.39, 0.29) is 5.78 Å². The molecule has 1 nitrogen and oxygen atoms in total. The monoisotopic (exact) mass is 226 g/mol. The number of carbonyl (C=O) groups excluding carboxylic acids is 1. The smallest absolute Gasteiger partial charge is 0.186 e. The molecule has 0 saturated carbocycles. The van der Waals surface area contributed by atoms with E-state index < -0.39 is 0 Å². The van der Waals surface area contributed by atoms with E-state index in [1.54, 1.807) is 18.2 Å². The van der Waals surface area contributed by atoms with E-state index in [0.29, 0.717) is 5.56 Å². The first-order valence-corrected chi connectivity index (χ1v) is 6.09. The molecule has 0 aromatic heterocycles. The molecule has 1 rings (SSSR count). The Hall–Kier alpha value is -1.81. The molecule has 1 aromatic carbocycles. The van der Waals surface area contributed by atoms with E-state index in [9.17, 15) is 4.79 Å². The van der Waals surface area contributed by atoms with Gasteiger partial charge in [-0.25, -0.2) is 0 Å². The van der Waals surface area contributed by atoms with E-state index in [1.165, 1.54) is 18.9 Å². The molecule has 0 fully saturated rings. The third kappa shape index (κ3) is 5.73. The first-order chi connectivity index (χ1) is 8.34. The van der Waals surface area contributed by atoms with Gasteiger partial charge < -0.3 is 0 Å². The quantitative estimate of drug-likeness (QED) is 0.321. The summed E-state index contributed by atoms with van der Waals surface area (Å²) in [6.07, 6.45) is 7.66. The van der Waals surface area contributed by atoms with E-state index in [2.05, 4.69) is 18.8 Å². The third-order valence-corrected chi connectivity index (χ3v) is 2.38. The van der Waals surface area contributed by atoms with Crippen molar-refractivity contribution in [3.63, 3.8) is 0 Å². The fourth-order valence-corrected chi connectivity index (χ4v) is 1.41. The molecule has 1 heteroatoms. The number of rotatable bonds is 5. The van der Waals surface area contributed by atoms with E-state index >= 15 is 0 Å². The molecular weight excluding hydrogens is 208 g/mol. The van der Waals surface area contributed by atoms with Crippen molar-refractivity contribution in [1.82, 2.24) is 0 Å². The van der Waals surface area contributed by atoms with Gasteiger partial charge in [0.2, 0.25) is 0 Å². The van der Waals surface area contributed by atoms with Crippen LogP contribution in [-0.2, 0) is 0 Å². The molecule has 0 spiro atoms. The van der Waals surface area contributed by atoms with Crippen LogP contribution in [0.15, 0.2) is 42.5 Å². The molecule has 0 saturated heterocycles. The van der Waals surface area contributed by atoms with E-state index in [4.69, 9.17) is 0 Å². The maximum Gasteiger partial charge on any atom is 0.186 e. The molecule has 0 amide bonds. The van der Waals surface area contributed by atoms with Crippen molar-refractivity contribution in [2.75, 3.05) is 0 Å². The van der Waals surface area contributed by atoms with Gasteiger partial charge in [-0.15, -0.1) is 0 Å². The largest absolute Gasteiger partial charge is 0.289 e. The minimum absolute atomic E-state index is 0.00783. The second-order valence-corrected chi connectivity index (χ2v) is 3.84. The summed E-state index contributed by atoms with van der Waals surface area (Å²) < 4.78 is 0. The Morgan fingerprint density at radius 1 is 1.24 bits per heavy atom. The third-order valence-electron chi connectivity index (χ3n) is 2.38. The van der Waals surface area contributed by atoms with Gasteiger partial charge in [0, 0.05) is 12.0 Å². The van der Waals surface area contributed by atoms with Gasteiger partial charge in [0.1, 0.15) is 0 Å². The van der Waals surface area contributed by atoms with Crippen LogP contribution in [0.5, 0.6) is 0 Å². The molecule has 17 heavy (non-hydrogen) atoms. The molecule has 0 aliphatic heterocycles. The van der Waals surface area contributed by atoms with Crippen LogP contribution >= 0.6 is 0 Å². The van der Waals surface area contributed by atoms with Crippen molar-refractivity contribution < 1.29 is 4.79 Å². The van der Waals surface area contributed by atoms with Crippen molar-refractivity contribution >= 4 is 5.78 Å². The van der Waals surface area contributed by atoms with Crippen molar-refractivity contribution in [2.45, 2.75) is 32.6 Å². The van der Waals surface area contributed by atoms with E-state index in [1.807, 2.05) is 18.2 Å². The Balaban J connectivity index is 2.36. The second kappa shape index (κ2) is 8.35. The summed E-state index contributed by atoms with van der Waals surface area (Å²) in [5.41, 5.74) is 0.705. The highest BCUT2D eigenvalue weighted by Gasteiger charge is 1.97. The van der Waals surface area contributed by atoms with Gasteiger partial charge in [-0.05, 0) is 18.6 Å². The van der Waals surface area contributed by atoms with Crippen LogP contribution in [0.2, 0.25) is 0 Å². The van der Waals surface area contributed by atoms with Gasteiger partial charge in [0.25, 0.3) is 0 Å². The Bertz CT molecular complexity index is 418. The summed E-state index contributed by atoms with van der Waals surface area (Å²) >= 11 is 0. The van der Waals surface area contributed by atoms with Crippen LogP contribution in [0.3, 0.4) is 0 Å². The summed E-state index contributed by atoms with van der Waals surface area (Å²) in [7, 11) is 0. The zero-order chi connectivity index (χ0) is 12.3. The molecule has 0 heterocycles. The Labute approximate surface area is 104 Å². The number of ketones is 1. The molecular formula is C16H18O. The average molecular weight is 226 g/mol. The number of carbonyl (C=O) groups is 1. The van der Waals surface area contributed by atoms with Crippen LogP contribution in [0.25, 0.3) is 0 Å². The molecule has 88 valence electrons. The summed E-state index contributed by atoms with van der Waals surface area (Å²) in [6, 6.07) is 9.23. The Morgan fingerprint density at radius 2 is 2.00 bits per heavy atom. The number of hydrogen-bond donors (Lipinski definition) is 0. The molecule has 0 aliphatic rings. The highest BCUT2D eigenvalue weighted by Crippen LogP contribution is 2.00. The standard InChI is InChI=1S/C16H18O/c1-2-3-4-5-6-7-11-14-16(17)15-12-9-8-10-13-15/h8-14H,2-5H2,1H3/b14-11+. The summed E-state index contributed by atoms with van der Waals surface area (Å²) in [4.78, 5) is 11.6. The van der Waals surface area contributed by atoms with Crippen molar-refractivity contribution in [3.05, 3.63) is 48.0 Å². The van der Waals surface area contributed by atoms with Crippen LogP contribution in [0.4, 0.5) is 0 Å². The first kappa shape index (κ1) is 13.3. The van der Waals surface area contributed by atoms with Crippen LogP contribution in [-0.4, -0.2) is 5.78 Å². The van der Waals surface area contributed by atoms with Crippen LogP contribution < -0.4 is 0 Å². The van der Waals surface area contributed by atoms with Gasteiger partial charge in [-0.2, -0.15) is 0 Å². The zero-order valence-corrected chi connectivity index (χ0v) is 10.3. The average Bonchev–Trinajstić information content (AvgIpc) is 2.38. The first-order valence-electron chi connectivity index (χ1n) is 6.09. The lowest BCUT2D eigenvalue weighted by molar-refractivity contribution is 0.104. The molecule has 1 aromatic rings. The minimum atomic E-state index is 0.00783. The van der Waals surface area contributed by atoms with Crippen molar-refractivity contribution in [1.29, 1.82) is 0 Å². The van der Waals surface area contributed by atoms with Crippen molar-refractivity contribution in [2.24, 2.45) is 0 Å². The van der Waals surface area contributed by atoms with E-state index in [0.717, 1.165) is 12.8 Å². The van der Waals surface area contributed by atoms with Crippen molar-refractivity contribution in [3.8, 4) is 11.8 Å². The highest BCUT2D eigenvalue weighted by atomic mass is 16.1. The second-order valence-electron chi connectivity index (χ2n) is 3.84. The molecule has 0 N–H and O–H groups in total. The number of unbranched alkanes of at least 4 members (excludes halogenated alkanes) is 3. The van der Waals surface area contributed by atoms with Gasteiger partial charge in [0.15, 0.2) is 5.78 Å². The summed E-state index contributed by atoms with van der Waals surface area (Å²) in [6.45, 7) is 2.17. The topological polar surface area (TPSA) is 17.1 Å². The predicted octanol–water partition coefficient (Wildman–Crippen LogP) is 4.01. The SMILES string of the molecule is CCCCCC#C/C=C/C(=O)c1ccccc1. The lowest BCUT2D eigenvalue weighted by atomic mass is 10.1. The van der Waals surface area contributed by atoms with Crippen LogP contribution in [0, 0.1) is 11.8 Å². The number of benzene rings is 1. The van der Waals surface area contributed by atoms with Crippen LogP contribution in [0.1, 0.15) is 43.0 Å². The fraction of sp³-hybridized carbons (Fsp3) is 0.312. The normalized spacial score (nSPS) is 9.94. The van der Waals surface area contributed by atoms with Gasteiger partial charge in [-0.3, -0.25) is 4.79 Å². The van der Waals surface area contributed by atoms with Gasteiger partial charge in [-0.1, -0.05) is 61.9 Å². The molecule has 0 atom stereocenters.